The molecule has 1 aliphatic rings. The lowest BCUT2D eigenvalue weighted by atomic mass is 10.00. The molecule has 5 heteroatoms. The standard InChI is InChI=1S/C19H22N4O/c24-16(11-20-19-21-17-7-3-4-8-18(17)22-19)13-23-10-9-14-5-1-2-6-15(14)12-23/h1-8,16,24H,9-13H2,(H2,20,21,22). The van der Waals surface area contributed by atoms with Crippen LogP contribution in [-0.4, -0.2) is 45.7 Å². The first-order chi connectivity index (χ1) is 11.8. The molecule has 5 nitrogen and oxygen atoms in total. The van der Waals surface area contributed by atoms with Gasteiger partial charge in [-0.05, 0) is 29.7 Å². The molecule has 24 heavy (non-hydrogen) atoms. The molecule has 4 rings (SSSR count). The van der Waals surface area contributed by atoms with Gasteiger partial charge in [0.05, 0.1) is 17.1 Å². The van der Waals surface area contributed by atoms with Crippen LogP contribution in [0, 0.1) is 0 Å². The molecule has 124 valence electrons. The zero-order valence-corrected chi connectivity index (χ0v) is 13.6. The van der Waals surface area contributed by atoms with Crippen LogP contribution in [0.4, 0.5) is 5.95 Å². The fourth-order valence-corrected chi connectivity index (χ4v) is 3.32. The minimum absolute atomic E-state index is 0.427. The van der Waals surface area contributed by atoms with Gasteiger partial charge in [-0.2, -0.15) is 0 Å². The number of aliphatic hydroxyl groups is 1. The van der Waals surface area contributed by atoms with E-state index in [1.807, 2.05) is 24.3 Å². The number of fused-ring (bicyclic) bond motifs is 2. The van der Waals surface area contributed by atoms with E-state index in [-0.39, 0.29) is 0 Å². The van der Waals surface area contributed by atoms with Crippen LogP contribution in [0.2, 0.25) is 0 Å². The fraction of sp³-hybridized carbons (Fsp3) is 0.316. The number of aromatic nitrogens is 2. The molecule has 1 atom stereocenters. The number of hydrogen-bond donors (Lipinski definition) is 3. The molecular weight excluding hydrogens is 300 g/mol. The second-order valence-electron chi connectivity index (χ2n) is 6.39. The van der Waals surface area contributed by atoms with Gasteiger partial charge >= 0.3 is 0 Å². The van der Waals surface area contributed by atoms with Crippen LogP contribution in [0.1, 0.15) is 11.1 Å². The van der Waals surface area contributed by atoms with Gasteiger partial charge in [-0.15, -0.1) is 0 Å². The van der Waals surface area contributed by atoms with Crippen LogP contribution in [0.3, 0.4) is 0 Å². The maximum absolute atomic E-state index is 10.3. The van der Waals surface area contributed by atoms with Crippen molar-refractivity contribution in [3.8, 4) is 0 Å². The number of aromatic amines is 1. The van der Waals surface area contributed by atoms with Crippen LogP contribution < -0.4 is 5.32 Å². The van der Waals surface area contributed by atoms with Crippen LogP contribution >= 0.6 is 0 Å². The van der Waals surface area contributed by atoms with Gasteiger partial charge < -0.3 is 15.4 Å². The van der Waals surface area contributed by atoms with E-state index in [9.17, 15) is 5.11 Å². The topological polar surface area (TPSA) is 64.2 Å². The molecule has 1 unspecified atom stereocenters. The van der Waals surface area contributed by atoms with Gasteiger partial charge in [0.15, 0.2) is 0 Å². The Morgan fingerprint density at radius 1 is 1.12 bits per heavy atom. The molecule has 0 bridgehead atoms. The predicted molar refractivity (Wildman–Crippen MR) is 96.0 cm³/mol. The molecule has 2 aromatic carbocycles. The molecule has 1 aromatic heterocycles. The van der Waals surface area contributed by atoms with Gasteiger partial charge in [-0.3, -0.25) is 4.90 Å². The molecule has 0 saturated heterocycles. The SMILES string of the molecule is OC(CNc1nc2ccccc2[nH]1)CN1CCc2ccccc2C1. The van der Waals surface area contributed by atoms with Crippen LogP contribution in [0.15, 0.2) is 48.5 Å². The van der Waals surface area contributed by atoms with Gasteiger partial charge in [0.1, 0.15) is 0 Å². The number of nitrogens with zero attached hydrogens (tertiary/aromatic N) is 2. The first-order valence-corrected chi connectivity index (χ1v) is 8.44. The van der Waals surface area contributed by atoms with E-state index in [0.717, 1.165) is 30.5 Å². The number of rotatable bonds is 5. The summed E-state index contributed by atoms with van der Waals surface area (Å²) in [7, 11) is 0. The lowest BCUT2D eigenvalue weighted by Crippen LogP contribution is -2.39. The number of para-hydroxylation sites is 2. The number of aliphatic hydroxyl groups excluding tert-OH is 1. The van der Waals surface area contributed by atoms with Crippen LogP contribution in [0.5, 0.6) is 0 Å². The lowest BCUT2D eigenvalue weighted by molar-refractivity contribution is 0.114. The second-order valence-corrected chi connectivity index (χ2v) is 6.39. The Hall–Kier alpha value is -2.37. The van der Waals surface area contributed by atoms with Crippen molar-refractivity contribution in [1.82, 2.24) is 14.9 Å². The molecule has 0 radical (unpaired) electrons. The quantitative estimate of drug-likeness (QED) is 0.675. The van der Waals surface area contributed by atoms with Crippen molar-refractivity contribution in [2.75, 3.05) is 25.0 Å². The molecule has 3 N–H and O–H groups in total. The Balaban J connectivity index is 1.31. The Bertz CT molecular complexity index is 796. The van der Waals surface area contributed by atoms with Gasteiger partial charge in [0, 0.05) is 26.2 Å². The smallest absolute Gasteiger partial charge is 0.201 e. The minimum atomic E-state index is -0.427. The average Bonchev–Trinajstić information content (AvgIpc) is 3.03. The first-order valence-electron chi connectivity index (χ1n) is 8.44. The van der Waals surface area contributed by atoms with Crippen molar-refractivity contribution in [2.24, 2.45) is 0 Å². The molecular formula is C19H22N4O. The van der Waals surface area contributed by atoms with Gasteiger partial charge in [-0.25, -0.2) is 4.98 Å². The summed E-state index contributed by atoms with van der Waals surface area (Å²) in [5, 5.41) is 13.5. The van der Waals surface area contributed by atoms with Crippen molar-refractivity contribution in [3.05, 3.63) is 59.7 Å². The maximum Gasteiger partial charge on any atom is 0.201 e. The number of imidazole rings is 1. The fourth-order valence-electron chi connectivity index (χ4n) is 3.32. The Kier molecular flexibility index (Phi) is 4.19. The molecule has 0 amide bonds. The highest BCUT2D eigenvalue weighted by molar-refractivity contribution is 5.77. The van der Waals surface area contributed by atoms with E-state index in [0.29, 0.717) is 19.0 Å². The van der Waals surface area contributed by atoms with E-state index in [1.54, 1.807) is 0 Å². The van der Waals surface area contributed by atoms with Crippen molar-refractivity contribution < 1.29 is 5.11 Å². The number of hydrogen-bond acceptors (Lipinski definition) is 4. The molecule has 0 spiro atoms. The number of anilines is 1. The third-order valence-corrected chi connectivity index (χ3v) is 4.57. The van der Waals surface area contributed by atoms with Crippen molar-refractivity contribution in [3.63, 3.8) is 0 Å². The largest absolute Gasteiger partial charge is 0.390 e. The zero-order valence-electron chi connectivity index (χ0n) is 13.6. The molecule has 1 aliphatic heterocycles. The summed E-state index contributed by atoms with van der Waals surface area (Å²) in [5.74, 6) is 0.708. The summed E-state index contributed by atoms with van der Waals surface area (Å²) < 4.78 is 0. The average molecular weight is 322 g/mol. The summed E-state index contributed by atoms with van der Waals surface area (Å²) in [6, 6.07) is 16.5. The second kappa shape index (κ2) is 6.63. The molecule has 0 aliphatic carbocycles. The lowest BCUT2D eigenvalue weighted by Gasteiger charge is -2.30. The first kappa shape index (κ1) is 15.2. The number of β-amino-alcohol motifs (C(OH)–C–C–N with tert-alkyl or cyclic N) is 1. The monoisotopic (exact) mass is 322 g/mol. The summed E-state index contributed by atoms with van der Waals surface area (Å²) in [6.07, 6.45) is 0.628. The van der Waals surface area contributed by atoms with Crippen LogP contribution in [0.25, 0.3) is 11.0 Å². The number of benzene rings is 2. The van der Waals surface area contributed by atoms with Gasteiger partial charge in [0.2, 0.25) is 5.95 Å². The number of nitrogens with one attached hydrogen (secondary N) is 2. The Morgan fingerprint density at radius 2 is 1.92 bits per heavy atom. The normalized spacial score (nSPS) is 16.0. The summed E-state index contributed by atoms with van der Waals surface area (Å²) in [5.41, 5.74) is 4.74. The van der Waals surface area contributed by atoms with Crippen LogP contribution in [-0.2, 0) is 13.0 Å². The highest BCUT2D eigenvalue weighted by Gasteiger charge is 2.18. The van der Waals surface area contributed by atoms with Crippen molar-refractivity contribution in [1.29, 1.82) is 0 Å². The molecule has 3 aromatic rings. The van der Waals surface area contributed by atoms with E-state index in [1.165, 1.54) is 11.1 Å². The Morgan fingerprint density at radius 3 is 2.79 bits per heavy atom. The third kappa shape index (κ3) is 3.27. The third-order valence-electron chi connectivity index (χ3n) is 4.57. The van der Waals surface area contributed by atoms with Crippen molar-refractivity contribution in [2.45, 2.75) is 19.1 Å². The van der Waals surface area contributed by atoms with Crippen molar-refractivity contribution >= 4 is 17.0 Å². The predicted octanol–water partition coefficient (Wildman–Crippen LogP) is 2.39. The summed E-state index contributed by atoms with van der Waals surface area (Å²) >= 11 is 0. The maximum atomic E-state index is 10.3. The summed E-state index contributed by atoms with van der Waals surface area (Å²) in [6.45, 7) is 3.07. The molecule has 2 heterocycles. The van der Waals surface area contributed by atoms with E-state index in [4.69, 9.17) is 0 Å². The number of H-pyrrole nitrogens is 1. The summed E-state index contributed by atoms with van der Waals surface area (Å²) in [4.78, 5) is 10.0. The molecule has 0 saturated carbocycles. The minimum Gasteiger partial charge on any atom is -0.390 e. The Labute approximate surface area is 141 Å². The molecule has 0 fully saturated rings. The highest BCUT2D eigenvalue weighted by atomic mass is 16.3. The zero-order chi connectivity index (χ0) is 16.4. The van der Waals surface area contributed by atoms with E-state index >= 15 is 0 Å². The highest BCUT2D eigenvalue weighted by Crippen LogP contribution is 2.18. The van der Waals surface area contributed by atoms with Gasteiger partial charge in [-0.1, -0.05) is 36.4 Å². The van der Waals surface area contributed by atoms with E-state index in [2.05, 4.69) is 44.5 Å². The van der Waals surface area contributed by atoms with E-state index < -0.39 is 6.10 Å². The van der Waals surface area contributed by atoms with Gasteiger partial charge in [0.25, 0.3) is 0 Å².